The topological polar surface area (TPSA) is 3.24 Å². The minimum absolute atomic E-state index is 0.446. The zero-order valence-electron chi connectivity index (χ0n) is 17.9. The van der Waals surface area contributed by atoms with Crippen LogP contribution >= 0.6 is 0 Å². The first-order valence-electron chi connectivity index (χ1n) is 11.2. The largest absolute Gasteiger partial charge is 0.298 e. The Morgan fingerprint density at radius 3 is 2.00 bits per heavy atom. The molecule has 3 atom stereocenters. The molecule has 0 aromatic heterocycles. The lowest BCUT2D eigenvalue weighted by molar-refractivity contribution is -0.00585. The van der Waals surface area contributed by atoms with Crippen LogP contribution in [0.2, 0.25) is 0 Å². The van der Waals surface area contributed by atoms with E-state index in [2.05, 4.69) is 46.4 Å². The molecule has 1 rings (SSSR count). The van der Waals surface area contributed by atoms with Crippen LogP contribution in [0.15, 0.2) is 0 Å². The summed E-state index contributed by atoms with van der Waals surface area (Å²) in [5, 5.41) is 0. The molecule has 1 nitrogen and oxygen atoms in total. The van der Waals surface area contributed by atoms with Crippen LogP contribution in [0.1, 0.15) is 119 Å². The van der Waals surface area contributed by atoms with Crippen molar-refractivity contribution in [1.82, 2.24) is 4.90 Å². The molecule has 1 heterocycles. The van der Waals surface area contributed by atoms with E-state index in [0.29, 0.717) is 11.0 Å². The third kappa shape index (κ3) is 6.04. The minimum atomic E-state index is 0.446. The molecule has 0 aliphatic carbocycles. The van der Waals surface area contributed by atoms with Gasteiger partial charge in [-0.15, -0.1) is 0 Å². The van der Waals surface area contributed by atoms with Crippen molar-refractivity contribution >= 4 is 0 Å². The van der Waals surface area contributed by atoms with Gasteiger partial charge in [0.15, 0.2) is 0 Å². The van der Waals surface area contributed by atoms with Gasteiger partial charge in [-0.05, 0) is 63.3 Å². The Bertz CT molecular complexity index is 296. The highest BCUT2D eigenvalue weighted by atomic mass is 15.2. The van der Waals surface area contributed by atoms with E-state index in [1.165, 1.54) is 90.1 Å². The van der Waals surface area contributed by atoms with Gasteiger partial charge < -0.3 is 0 Å². The van der Waals surface area contributed by atoms with E-state index in [-0.39, 0.29) is 0 Å². The highest BCUT2D eigenvalue weighted by Gasteiger charge is 2.40. The van der Waals surface area contributed by atoms with Gasteiger partial charge in [0.25, 0.3) is 0 Å². The molecule has 0 aromatic carbocycles. The number of likely N-dealkylation sites (tertiary alicyclic amines) is 1. The predicted octanol–water partition coefficient (Wildman–Crippen LogP) is 7.44. The quantitative estimate of drug-likeness (QED) is 0.357. The van der Waals surface area contributed by atoms with E-state index < -0.39 is 0 Å². The molecule has 0 bridgehead atoms. The molecular weight excluding hydrogens is 290 g/mol. The molecule has 0 spiro atoms. The summed E-state index contributed by atoms with van der Waals surface area (Å²) in [6.45, 7) is 17.3. The van der Waals surface area contributed by atoms with Crippen molar-refractivity contribution in [3.05, 3.63) is 0 Å². The Morgan fingerprint density at radius 2 is 1.42 bits per heavy atom. The Balaban J connectivity index is 2.84. The molecule has 0 radical (unpaired) electrons. The molecule has 0 amide bonds. The number of rotatable bonds is 12. The van der Waals surface area contributed by atoms with Crippen molar-refractivity contribution in [2.24, 2.45) is 11.3 Å². The lowest BCUT2D eigenvalue weighted by atomic mass is 9.67. The maximum absolute atomic E-state index is 2.92. The normalized spacial score (nSPS) is 24.5. The highest BCUT2D eigenvalue weighted by Crippen LogP contribution is 2.44. The molecule has 0 saturated carbocycles. The van der Waals surface area contributed by atoms with Gasteiger partial charge in [-0.2, -0.15) is 0 Å². The van der Waals surface area contributed by atoms with E-state index in [4.69, 9.17) is 0 Å². The van der Waals surface area contributed by atoms with Gasteiger partial charge in [0.2, 0.25) is 0 Å². The molecule has 24 heavy (non-hydrogen) atoms. The second-order valence-corrected chi connectivity index (χ2v) is 9.14. The molecule has 1 aliphatic rings. The Morgan fingerprint density at radius 1 is 0.792 bits per heavy atom. The average molecular weight is 338 g/mol. The molecular formula is C23H47N. The summed E-state index contributed by atoms with van der Waals surface area (Å²) in [7, 11) is 0. The van der Waals surface area contributed by atoms with E-state index in [1.54, 1.807) is 0 Å². The second-order valence-electron chi connectivity index (χ2n) is 9.14. The van der Waals surface area contributed by atoms with Gasteiger partial charge in [-0.3, -0.25) is 4.90 Å². The monoisotopic (exact) mass is 337 g/mol. The van der Waals surface area contributed by atoms with Crippen molar-refractivity contribution < 1.29 is 0 Å². The second kappa shape index (κ2) is 10.8. The van der Waals surface area contributed by atoms with Crippen LogP contribution < -0.4 is 0 Å². The number of unbranched alkanes of at least 4 members (excludes halogenated alkanes) is 2. The Labute approximate surface area is 154 Å². The third-order valence-corrected chi connectivity index (χ3v) is 6.95. The third-order valence-electron chi connectivity index (χ3n) is 6.95. The highest BCUT2D eigenvalue weighted by molar-refractivity contribution is 4.93. The van der Waals surface area contributed by atoms with Crippen molar-refractivity contribution in [3.8, 4) is 0 Å². The van der Waals surface area contributed by atoms with E-state index in [1.807, 2.05) is 0 Å². The van der Waals surface area contributed by atoms with Gasteiger partial charge in [0.1, 0.15) is 0 Å². The zero-order valence-corrected chi connectivity index (χ0v) is 17.9. The summed E-state index contributed by atoms with van der Waals surface area (Å²) < 4.78 is 0. The summed E-state index contributed by atoms with van der Waals surface area (Å²) >= 11 is 0. The standard InChI is InChI=1S/C23H47N/c1-7-11-17-22(5,15-9-3)21-14-13-19-24(20-21)23(6,16-10-4)18-12-8-2/h21H,7-20H2,1-6H3. The summed E-state index contributed by atoms with van der Waals surface area (Å²) in [4.78, 5) is 2.92. The summed E-state index contributed by atoms with van der Waals surface area (Å²) in [5.41, 5.74) is 1.02. The first-order valence-corrected chi connectivity index (χ1v) is 11.2. The number of nitrogens with zero attached hydrogens (tertiary/aromatic N) is 1. The molecule has 1 heteroatoms. The van der Waals surface area contributed by atoms with Gasteiger partial charge in [-0.1, -0.05) is 73.1 Å². The molecule has 1 fully saturated rings. The molecule has 0 N–H and O–H groups in total. The minimum Gasteiger partial charge on any atom is -0.298 e. The number of hydrogen-bond acceptors (Lipinski definition) is 1. The molecule has 3 unspecified atom stereocenters. The van der Waals surface area contributed by atoms with Crippen LogP contribution in [0.4, 0.5) is 0 Å². The molecule has 1 saturated heterocycles. The van der Waals surface area contributed by atoms with Gasteiger partial charge in [0.05, 0.1) is 0 Å². The van der Waals surface area contributed by atoms with Crippen molar-refractivity contribution in [2.45, 2.75) is 124 Å². The zero-order chi connectivity index (χ0) is 18.1. The lowest BCUT2D eigenvalue weighted by Crippen LogP contribution is -2.53. The van der Waals surface area contributed by atoms with Crippen LogP contribution in [0.5, 0.6) is 0 Å². The maximum Gasteiger partial charge on any atom is 0.0181 e. The fourth-order valence-electron chi connectivity index (χ4n) is 5.26. The Hall–Kier alpha value is -0.0400. The fourth-order valence-corrected chi connectivity index (χ4v) is 5.26. The van der Waals surface area contributed by atoms with Gasteiger partial charge in [-0.25, -0.2) is 0 Å². The number of piperidine rings is 1. The van der Waals surface area contributed by atoms with Crippen LogP contribution in [0.25, 0.3) is 0 Å². The number of hydrogen-bond donors (Lipinski definition) is 0. The summed E-state index contributed by atoms with van der Waals surface area (Å²) in [6.07, 6.45) is 16.7. The van der Waals surface area contributed by atoms with Crippen molar-refractivity contribution in [1.29, 1.82) is 0 Å². The van der Waals surface area contributed by atoms with E-state index >= 15 is 0 Å². The average Bonchev–Trinajstić information content (AvgIpc) is 2.59. The SMILES string of the molecule is CCCCC(C)(CCC)C1CCCN(C(C)(CCC)CCCC)C1. The van der Waals surface area contributed by atoms with Crippen molar-refractivity contribution in [3.63, 3.8) is 0 Å². The molecule has 144 valence electrons. The fraction of sp³-hybridized carbons (Fsp3) is 1.00. The first kappa shape index (κ1) is 22.0. The van der Waals surface area contributed by atoms with Crippen LogP contribution in [-0.2, 0) is 0 Å². The van der Waals surface area contributed by atoms with Crippen LogP contribution in [0.3, 0.4) is 0 Å². The molecule has 1 aliphatic heterocycles. The first-order chi connectivity index (χ1) is 11.5. The van der Waals surface area contributed by atoms with Crippen molar-refractivity contribution in [2.75, 3.05) is 13.1 Å². The van der Waals surface area contributed by atoms with Crippen LogP contribution in [0, 0.1) is 11.3 Å². The smallest absolute Gasteiger partial charge is 0.0181 e. The van der Waals surface area contributed by atoms with Gasteiger partial charge >= 0.3 is 0 Å². The summed E-state index contributed by atoms with van der Waals surface area (Å²) in [5.74, 6) is 0.913. The Kier molecular flexibility index (Phi) is 9.94. The van der Waals surface area contributed by atoms with Gasteiger partial charge in [0, 0.05) is 12.1 Å². The maximum atomic E-state index is 2.92. The van der Waals surface area contributed by atoms with Crippen LogP contribution in [-0.4, -0.2) is 23.5 Å². The van der Waals surface area contributed by atoms with E-state index in [9.17, 15) is 0 Å². The van der Waals surface area contributed by atoms with E-state index in [0.717, 1.165) is 5.92 Å². The lowest BCUT2D eigenvalue weighted by Gasteiger charge is -2.50. The molecule has 0 aromatic rings. The predicted molar refractivity (Wildman–Crippen MR) is 110 cm³/mol. The summed E-state index contributed by atoms with van der Waals surface area (Å²) in [6, 6.07) is 0.